The van der Waals surface area contributed by atoms with E-state index in [2.05, 4.69) is 23.6 Å². The molecule has 2 rings (SSSR count). The normalized spacial score (nSPS) is 27.0. The Balaban J connectivity index is 1.84. The number of aliphatic hydroxyl groups excluding tert-OH is 1. The van der Waals surface area contributed by atoms with Gasteiger partial charge in [0, 0.05) is 19.1 Å². The van der Waals surface area contributed by atoms with Crippen LogP contribution >= 0.6 is 0 Å². The van der Waals surface area contributed by atoms with E-state index in [1.165, 1.54) is 45.4 Å². The van der Waals surface area contributed by atoms with Crippen molar-refractivity contribution in [1.82, 2.24) is 9.80 Å². The average Bonchev–Trinajstić information content (AvgIpc) is 2.67. The van der Waals surface area contributed by atoms with Crippen LogP contribution in [0.1, 0.15) is 33.1 Å². The number of aliphatic hydroxyl groups is 1. The third-order valence-electron chi connectivity index (χ3n) is 4.53. The fraction of sp³-hybridized carbons (Fsp3) is 1.00. The van der Waals surface area contributed by atoms with Crippen LogP contribution in [0.3, 0.4) is 0 Å². The highest BCUT2D eigenvalue weighted by Gasteiger charge is 2.40. The second-order valence-corrected chi connectivity index (χ2v) is 5.88. The van der Waals surface area contributed by atoms with Crippen LogP contribution in [-0.4, -0.2) is 60.3 Å². The van der Waals surface area contributed by atoms with E-state index in [0.29, 0.717) is 18.1 Å². The Bertz CT molecular complexity index is 222. The maximum absolute atomic E-state index is 8.94. The Morgan fingerprint density at radius 2 is 1.75 bits per heavy atom. The Labute approximate surface area is 99.4 Å². The number of hydrogen-bond acceptors (Lipinski definition) is 3. The summed E-state index contributed by atoms with van der Waals surface area (Å²) < 4.78 is 0. The van der Waals surface area contributed by atoms with Gasteiger partial charge in [-0.3, -0.25) is 0 Å². The lowest BCUT2D eigenvalue weighted by Crippen LogP contribution is -2.43. The molecule has 0 aromatic carbocycles. The summed E-state index contributed by atoms with van der Waals surface area (Å²) in [6.07, 6.45) is 4.05. The van der Waals surface area contributed by atoms with E-state index in [1.807, 2.05) is 0 Å². The summed E-state index contributed by atoms with van der Waals surface area (Å²) >= 11 is 0. The van der Waals surface area contributed by atoms with Crippen molar-refractivity contribution >= 4 is 0 Å². The largest absolute Gasteiger partial charge is 0.395 e. The molecule has 2 saturated heterocycles. The first-order chi connectivity index (χ1) is 7.65. The van der Waals surface area contributed by atoms with Gasteiger partial charge in [-0.15, -0.1) is 0 Å². The van der Waals surface area contributed by atoms with Gasteiger partial charge in [-0.1, -0.05) is 0 Å². The number of nitrogens with zero attached hydrogens (tertiary/aromatic N) is 2. The first-order valence-corrected chi connectivity index (χ1v) is 6.72. The summed E-state index contributed by atoms with van der Waals surface area (Å²) in [4.78, 5) is 5.03. The molecule has 0 aromatic rings. The second kappa shape index (κ2) is 5.03. The molecule has 0 bridgehead atoms. The van der Waals surface area contributed by atoms with Crippen molar-refractivity contribution in [2.75, 3.05) is 39.3 Å². The molecule has 0 unspecified atom stereocenters. The van der Waals surface area contributed by atoms with E-state index >= 15 is 0 Å². The van der Waals surface area contributed by atoms with Crippen LogP contribution < -0.4 is 0 Å². The zero-order valence-electron chi connectivity index (χ0n) is 10.8. The highest BCUT2D eigenvalue weighted by Crippen LogP contribution is 2.40. The smallest absolute Gasteiger partial charge is 0.0558 e. The van der Waals surface area contributed by atoms with Gasteiger partial charge >= 0.3 is 0 Å². The van der Waals surface area contributed by atoms with Crippen molar-refractivity contribution in [3.63, 3.8) is 0 Å². The lowest BCUT2D eigenvalue weighted by molar-refractivity contribution is 0.0892. The predicted octanol–water partition coefficient (Wildman–Crippen LogP) is 1.18. The van der Waals surface area contributed by atoms with Crippen molar-refractivity contribution in [2.45, 2.75) is 39.2 Å². The van der Waals surface area contributed by atoms with Gasteiger partial charge < -0.3 is 14.9 Å². The number of piperidine rings is 1. The third kappa shape index (κ3) is 2.58. The van der Waals surface area contributed by atoms with Gasteiger partial charge in [0.05, 0.1) is 6.61 Å². The molecule has 1 N–H and O–H groups in total. The van der Waals surface area contributed by atoms with Crippen molar-refractivity contribution in [2.24, 2.45) is 5.41 Å². The first-order valence-electron chi connectivity index (χ1n) is 6.72. The average molecular weight is 226 g/mol. The topological polar surface area (TPSA) is 26.7 Å². The molecule has 0 aromatic heterocycles. The van der Waals surface area contributed by atoms with E-state index in [-0.39, 0.29) is 0 Å². The van der Waals surface area contributed by atoms with Crippen molar-refractivity contribution in [1.29, 1.82) is 0 Å². The first kappa shape index (κ1) is 12.3. The van der Waals surface area contributed by atoms with Gasteiger partial charge in [0.1, 0.15) is 0 Å². The fourth-order valence-electron chi connectivity index (χ4n) is 3.21. The van der Waals surface area contributed by atoms with E-state index in [0.717, 1.165) is 6.54 Å². The molecular weight excluding hydrogens is 200 g/mol. The molecule has 3 heteroatoms. The van der Waals surface area contributed by atoms with Gasteiger partial charge in [-0.05, 0) is 58.2 Å². The maximum Gasteiger partial charge on any atom is 0.0558 e. The Kier molecular flexibility index (Phi) is 3.88. The molecule has 2 aliphatic rings. The zero-order chi connectivity index (χ0) is 11.6. The van der Waals surface area contributed by atoms with Crippen molar-refractivity contribution in [3.05, 3.63) is 0 Å². The molecule has 2 aliphatic heterocycles. The Hall–Kier alpha value is -0.120. The van der Waals surface area contributed by atoms with E-state index in [4.69, 9.17) is 5.11 Å². The minimum absolute atomic E-state index is 0.311. The van der Waals surface area contributed by atoms with Gasteiger partial charge in [0.2, 0.25) is 0 Å². The lowest BCUT2D eigenvalue weighted by atomic mass is 9.78. The number of likely N-dealkylation sites (tertiary alicyclic amines) is 2. The van der Waals surface area contributed by atoms with Crippen LogP contribution in [0, 0.1) is 5.41 Å². The maximum atomic E-state index is 8.94. The van der Waals surface area contributed by atoms with E-state index in [1.54, 1.807) is 0 Å². The predicted molar refractivity (Wildman–Crippen MR) is 66.5 cm³/mol. The third-order valence-corrected chi connectivity index (χ3v) is 4.53. The summed E-state index contributed by atoms with van der Waals surface area (Å²) in [6, 6.07) is 0.704. The molecule has 0 aliphatic carbocycles. The zero-order valence-corrected chi connectivity index (χ0v) is 10.8. The Morgan fingerprint density at radius 3 is 2.25 bits per heavy atom. The van der Waals surface area contributed by atoms with E-state index in [9.17, 15) is 0 Å². The van der Waals surface area contributed by atoms with E-state index < -0.39 is 0 Å². The standard InChI is InChI=1S/C13H26N2O/c1-12(2)15-8-5-13(11-15)3-6-14(7-4-13)9-10-16/h12,16H,3-11H2,1-2H3. The molecule has 0 atom stereocenters. The van der Waals surface area contributed by atoms with Gasteiger partial charge in [-0.2, -0.15) is 0 Å². The van der Waals surface area contributed by atoms with Gasteiger partial charge in [0.25, 0.3) is 0 Å². The molecule has 0 amide bonds. The van der Waals surface area contributed by atoms with Crippen molar-refractivity contribution < 1.29 is 5.11 Å². The molecule has 1 spiro atoms. The van der Waals surface area contributed by atoms with Crippen LogP contribution in [0.15, 0.2) is 0 Å². The van der Waals surface area contributed by atoms with Crippen LogP contribution in [0.5, 0.6) is 0 Å². The summed E-state index contributed by atoms with van der Waals surface area (Å²) in [5.41, 5.74) is 0.607. The highest BCUT2D eigenvalue weighted by atomic mass is 16.3. The molecule has 2 heterocycles. The summed E-state index contributed by atoms with van der Waals surface area (Å²) in [6.45, 7) is 10.8. The molecule has 94 valence electrons. The lowest BCUT2D eigenvalue weighted by Gasteiger charge is -2.39. The quantitative estimate of drug-likeness (QED) is 0.783. The molecule has 16 heavy (non-hydrogen) atoms. The van der Waals surface area contributed by atoms with Crippen LogP contribution in [-0.2, 0) is 0 Å². The molecule has 0 radical (unpaired) electrons. The monoisotopic (exact) mass is 226 g/mol. The summed E-state index contributed by atoms with van der Waals surface area (Å²) in [5.74, 6) is 0. The highest BCUT2D eigenvalue weighted by molar-refractivity contribution is 4.94. The van der Waals surface area contributed by atoms with Crippen LogP contribution in [0.25, 0.3) is 0 Å². The van der Waals surface area contributed by atoms with Gasteiger partial charge in [-0.25, -0.2) is 0 Å². The van der Waals surface area contributed by atoms with Crippen LogP contribution in [0.2, 0.25) is 0 Å². The number of β-amino-alcohol motifs (C(OH)–C–C–N with tert-alkyl or cyclic N) is 1. The molecule has 2 fully saturated rings. The Morgan fingerprint density at radius 1 is 1.12 bits per heavy atom. The molecule has 3 nitrogen and oxygen atoms in total. The SMILES string of the molecule is CC(C)N1CCC2(CCN(CCO)CC2)C1. The summed E-state index contributed by atoms with van der Waals surface area (Å²) in [5, 5.41) is 8.94. The second-order valence-electron chi connectivity index (χ2n) is 5.88. The fourth-order valence-corrected chi connectivity index (χ4v) is 3.21. The van der Waals surface area contributed by atoms with Gasteiger partial charge in [0.15, 0.2) is 0 Å². The minimum atomic E-state index is 0.311. The molecular formula is C13H26N2O. The summed E-state index contributed by atoms with van der Waals surface area (Å²) in [7, 11) is 0. The van der Waals surface area contributed by atoms with Crippen LogP contribution in [0.4, 0.5) is 0 Å². The number of rotatable bonds is 3. The number of hydrogen-bond donors (Lipinski definition) is 1. The molecule has 0 saturated carbocycles. The minimum Gasteiger partial charge on any atom is -0.395 e. The van der Waals surface area contributed by atoms with Crippen molar-refractivity contribution in [3.8, 4) is 0 Å².